The van der Waals surface area contributed by atoms with Gasteiger partial charge in [0, 0.05) is 26.8 Å². The smallest absolute Gasteiger partial charge is 0.305 e. The summed E-state index contributed by atoms with van der Waals surface area (Å²) in [6.07, 6.45) is 4.82. The van der Waals surface area contributed by atoms with E-state index in [-0.39, 0.29) is 31.2 Å². The Morgan fingerprint density at radius 2 is 0.740 bits per heavy atom. The molecule has 9 aromatic carbocycles. The number of rotatable bonds is 11. The first-order valence-corrected chi connectivity index (χ1v) is 25.3. The summed E-state index contributed by atoms with van der Waals surface area (Å²) in [5.74, 6) is 0. The predicted molar refractivity (Wildman–Crippen MR) is 315 cm³/mol. The van der Waals surface area contributed by atoms with Gasteiger partial charge < -0.3 is 15.0 Å². The quantitative estimate of drug-likeness (QED) is 0.121. The monoisotopic (exact) mass is 1170 g/mol. The van der Waals surface area contributed by atoms with Crippen molar-refractivity contribution in [3.05, 3.63) is 283 Å². The maximum Gasteiger partial charge on any atom is 3.00 e. The summed E-state index contributed by atoms with van der Waals surface area (Å²) in [5.41, 5.74) is 24.1. The first kappa shape index (κ1) is 43.3. The fraction of sp³-hybridized carbons (Fsp3) is 0.0548. The van der Waals surface area contributed by atoms with E-state index in [9.17, 15) is 0 Å². The van der Waals surface area contributed by atoms with E-state index >= 15 is 0 Å². The Bertz CT molecular complexity index is 4290. The summed E-state index contributed by atoms with van der Waals surface area (Å²) in [7, 11) is 0. The van der Waals surface area contributed by atoms with Gasteiger partial charge >= 0.3 is 20.1 Å². The molecule has 4 heteroatoms. The third-order valence-electron chi connectivity index (χ3n) is 14.3. The molecule has 3 heterocycles. The molecular formula is C73H52IrN3. The maximum absolute atomic E-state index is 7.96. The van der Waals surface area contributed by atoms with E-state index in [0.29, 0.717) is 17.0 Å². The van der Waals surface area contributed by atoms with Crippen molar-refractivity contribution in [3.63, 3.8) is 0 Å². The number of aryl methyl sites for hydroxylation is 2. The number of aromatic nitrogens is 3. The number of nitrogens with zero attached hydrogens (tertiary/aromatic N) is 3. The van der Waals surface area contributed by atoms with Crippen LogP contribution in [0.4, 0.5) is 0 Å². The summed E-state index contributed by atoms with van der Waals surface area (Å²) in [4.78, 5) is 13.8. The number of pyridine rings is 3. The molecule has 3 nitrogen and oxygen atoms in total. The van der Waals surface area contributed by atoms with Gasteiger partial charge in [0.05, 0.1) is 0 Å². The maximum atomic E-state index is 7.96. The Hall–Kier alpha value is -8.92. The molecule has 0 bridgehead atoms. The molecule has 77 heavy (non-hydrogen) atoms. The minimum Gasteiger partial charge on any atom is -0.305 e. The zero-order chi connectivity index (χ0) is 56.5. The molecule has 0 spiro atoms. The summed E-state index contributed by atoms with van der Waals surface area (Å²) in [5, 5.41) is 0. The molecule has 0 aliphatic rings. The molecule has 0 aliphatic carbocycles. The van der Waals surface area contributed by atoms with E-state index in [0.717, 1.165) is 89.1 Å². The van der Waals surface area contributed by atoms with Gasteiger partial charge in [-0.25, -0.2) is 0 Å². The van der Waals surface area contributed by atoms with Gasteiger partial charge in [0.2, 0.25) is 0 Å². The van der Waals surface area contributed by atoms with Gasteiger partial charge in [0.15, 0.2) is 0 Å². The minimum absolute atomic E-state index is 0. The van der Waals surface area contributed by atoms with E-state index in [1.54, 1.807) is 18.2 Å². The van der Waals surface area contributed by atoms with Crippen molar-refractivity contribution >= 4 is 0 Å². The van der Waals surface area contributed by atoms with E-state index in [1.807, 2.05) is 54.7 Å². The summed E-state index contributed by atoms with van der Waals surface area (Å²) >= 11 is 0. The molecule has 0 amide bonds. The van der Waals surface area contributed by atoms with Gasteiger partial charge in [0.1, 0.15) is 0 Å². The Morgan fingerprint density at radius 1 is 0.312 bits per heavy atom. The van der Waals surface area contributed by atoms with Crippen LogP contribution in [0.1, 0.15) is 30.5 Å². The second kappa shape index (κ2) is 22.1. The second-order valence-electron chi connectivity index (χ2n) is 19.0. The topological polar surface area (TPSA) is 38.7 Å². The van der Waals surface area contributed by atoms with Gasteiger partial charge in [-0.2, -0.15) is 0 Å². The van der Waals surface area contributed by atoms with Crippen LogP contribution in [-0.4, -0.2) is 15.0 Å². The van der Waals surface area contributed by atoms with Gasteiger partial charge in [-0.15, -0.1) is 89.5 Å². The van der Waals surface area contributed by atoms with Gasteiger partial charge in [0.25, 0.3) is 0 Å². The summed E-state index contributed by atoms with van der Waals surface area (Å²) in [6, 6.07) is 86.4. The molecule has 0 fully saturated rings. The third kappa shape index (κ3) is 10.4. The molecule has 0 saturated heterocycles. The average Bonchev–Trinajstić information content (AvgIpc) is 3.71. The molecule has 0 unspecified atom stereocenters. The first-order chi connectivity index (χ1) is 39.7. The number of benzene rings is 9. The van der Waals surface area contributed by atoms with Crippen LogP contribution in [0.2, 0.25) is 0 Å². The van der Waals surface area contributed by atoms with E-state index in [4.69, 9.17) is 13.2 Å². The molecule has 0 radical (unpaired) electrons. The predicted octanol–water partition coefficient (Wildman–Crippen LogP) is 18.8. The fourth-order valence-corrected chi connectivity index (χ4v) is 10.2. The fourth-order valence-electron chi connectivity index (χ4n) is 10.2. The summed E-state index contributed by atoms with van der Waals surface area (Å²) < 4.78 is 47.3. The van der Waals surface area contributed by atoms with E-state index < -0.39 is 13.7 Å². The third-order valence-corrected chi connectivity index (χ3v) is 14.3. The van der Waals surface area contributed by atoms with Crippen molar-refractivity contribution in [2.75, 3.05) is 0 Å². The first-order valence-electron chi connectivity index (χ1n) is 28.3. The van der Waals surface area contributed by atoms with Crippen molar-refractivity contribution < 1.29 is 28.3 Å². The van der Waals surface area contributed by atoms with Gasteiger partial charge in [-0.1, -0.05) is 178 Å². The Morgan fingerprint density at radius 3 is 1.18 bits per heavy atom. The molecule has 368 valence electrons. The van der Waals surface area contributed by atoms with Crippen LogP contribution in [0.5, 0.6) is 0 Å². The molecule has 12 aromatic rings. The average molecular weight is 1170 g/mol. The zero-order valence-corrected chi connectivity index (χ0v) is 44.7. The van der Waals surface area contributed by atoms with Crippen LogP contribution in [0, 0.1) is 45.8 Å². The largest absolute Gasteiger partial charge is 3.00 e. The molecule has 0 N–H and O–H groups in total. The second-order valence-corrected chi connectivity index (χ2v) is 19.0. The Balaban J connectivity index is 0.00000721. The molecule has 0 aliphatic heterocycles. The molecule has 0 atom stereocenters. The van der Waals surface area contributed by atoms with Crippen molar-refractivity contribution in [1.29, 1.82) is 0 Å². The number of hydrogen-bond donors (Lipinski definition) is 0. The molecule has 0 saturated carbocycles. The standard InChI is InChI=1S/C73H52N3.Ir/c1-48-38-40-74-72(42-48)57-31-25-54(26-32-57)66-17-9-12-20-69(66)61-43-60(68-19-11-8-16-65(68)53-23-29-56(30-24-53)71-37-22-49(2)47-76-71)44-62(45-61)70-21-13-10-18-67(70)55-27-33-58(34-28-55)73-46-59(39-41-75-73)64-36-35-63(50(3)51(64)4)52-14-6-5-7-15-52;/h5-29,31,33,35-47H,1-4H3;/q-3;+3/i1D3,2D3;. The summed E-state index contributed by atoms with van der Waals surface area (Å²) in [6.45, 7) is -0.100. The van der Waals surface area contributed by atoms with Crippen molar-refractivity contribution in [2.45, 2.75) is 27.6 Å². The molecule has 3 aromatic heterocycles. The minimum atomic E-state index is -2.25. The SMILES string of the molecule is [2H]C([2H])([2H])c1ccc(-c2[c-]cc(-c3ccccc3-c3cc(-c4ccccc4-c4c[c-]c(-c5cc(-c6ccc(-c7ccccc7)c(C)c6C)ccn5)cc4)cc(-c4ccccc4-c4c[c-]c(-c5cc(C([2H])([2H])[2H])ccn5)cc4)c3)cc2)nc1.[Ir+3]. The Labute approximate surface area is 474 Å². The van der Waals surface area contributed by atoms with E-state index in [1.165, 1.54) is 46.3 Å². The van der Waals surface area contributed by atoms with Crippen molar-refractivity contribution in [1.82, 2.24) is 15.0 Å². The van der Waals surface area contributed by atoms with Crippen LogP contribution >= 0.6 is 0 Å². The van der Waals surface area contributed by atoms with Crippen LogP contribution in [0.15, 0.2) is 243 Å². The Kier molecular flexibility index (Phi) is 12.4. The van der Waals surface area contributed by atoms with Crippen LogP contribution in [-0.2, 0) is 20.1 Å². The number of hydrogen-bond acceptors (Lipinski definition) is 3. The van der Waals surface area contributed by atoms with Crippen LogP contribution in [0.3, 0.4) is 0 Å². The van der Waals surface area contributed by atoms with E-state index in [2.05, 4.69) is 194 Å². The van der Waals surface area contributed by atoms with Crippen molar-refractivity contribution in [3.8, 4) is 123 Å². The zero-order valence-electron chi connectivity index (χ0n) is 48.3. The van der Waals surface area contributed by atoms with Gasteiger partial charge in [-0.05, 0) is 147 Å². The van der Waals surface area contributed by atoms with Crippen LogP contribution < -0.4 is 0 Å². The molecule has 12 rings (SSSR count). The normalized spacial score (nSPS) is 12.5. The van der Waals surface area contributed by atoms with Crippen LogP contribution in [0.25, 0.3) is 123 Å². The molecular weight excluding hydrogens is 1110 g/mol. The van der Waals surface area contributed by atoms with Crippen molar-refractivity contribution in [2.24, 2.45) is 0 Å². The van der Waals surface area contributed by atoms with Gasteiger partial charge in [-0.3, -0.25) is 0 Å².